The van der Waals surface area contributed by atoms with E-state index in [0.717, 1.165) is 14.7 Å². The summed E-state index contributed by atoms with van der Waals surface area (Å²) in [5.74, 6) is -1.03. The van der Waals surface area contributed by atoms with Crippen molar-refractivity contribution in [1.29, 1.82) is 0 Å². The van der Waals surface area contributed by atoms with E-state index >= 15 is 0 Å². The first kappa shape index (κ1) is 18.9. The molecule has 0 saturated heterocycles. The standard InChI is InChI=1S/C17H12BrN3O5S/c1-26-15(22)9-20-13-7-4-11(18)8-14(13)27-17(20)19-16(23)10-2-5-12(6-3-10)21(24)25/h2-8H,9H2,1H3. The fraction of sp³-hybridized carbons (Fsp3) is 0.118. The van der Waals surface area contributed by atoms with E-state index in [1.54, 1.807) is 4.57 Å². The third kappa shape index (κ3) is 4.12. The van der Waals surface area contributed by atoms with Gasteiger partial charge >= 0.3 is 5.97 Å². The summed E-state index contributed by atoms with van der Waals surface area (Å²) in [6.45, 7) is -0.0928. The molecular weight excluding hydrogens is 438 g/mol. The van der Waals surface area contributed by atoms with Crippen LogP contribution in [0.4, 0.5) is 5.69 Å². The molecule has 8 nitrogen and oxygen atoms in total. The summed E-state index contributed by atoms with van der Waals surface area (Å²) >= 11 is 4.64. The van der Waals surface area contributed by atoms with Gasteiger partial charge in [-0.05, 0) is 30.3 Å². The largest absolute Gasteiger partial charge is 0.468 e. The lowest BCUT2D eigenvalue weighted by molar-refractivity contribution is -0.384. The number of thiazole rings is 1. The zero-order valence-electron chi connectivity index (χ0n) is 13.9. The minimum Gasteiger partial charge on any atom is -0.468 e. The van der Waals surface area contributed by atoms with E-state index in [1.807, 2.05) is 18.2 Å². The highest BCUT2D eigenvalue weighted by molar-refractivity contribution is 9.10. The third-order valence-electron chi connectivity index (χ3n) is 3.68. The van der Waals surface area contributed by atoms with Gasteiger partial charge in [0.2, 0.25) is 0 Å². The minimum absolute atomic E-state index is 0.0928. The number of nitro groups is 1. The van der Waals surface area contributed by atoms with Crippen molar-refractivity contribution in [3.05, 3.63) is 67.4 Å². The number of amides is 1. The van der Waals surface area contributed by atoms with Gasteiger partial charge in [-0.1, -0.05) is 27.3 Å². The van der Waals surface area contributed by atoms with Crippen molar-refractivity contribution >= 4 is 55.0 Å². The predicted molar refractivity (Wildman–Crippen MR) is 103 cm³/mol. The summed E-state index contributed by atoms with van der Waals surface area (Å²) in [5, 5.41) is 10.7. The number of nitro benzene ring substituents is 1. The Morgan fingerprint density at radius 3 is 2.59 bits per heavy atom. The van der Waals surface area contributed by atoms with E-state index < -0.39 is 16.8 Å². The summed E-state index contributed by atoms with van der Waals surface area (Å²) in [6.07, 6.45) is 0. The van der Waals surface area contributed by atoms with Crippen molar-refractivity contribution in [2.75, 3.05) is 7.11 Å². The van der Waals surface area contributed by atoms with Gasteiger partial charge in [-0.3, -0.25) is 19.7 Å². The van der Waals surface area contributed by atoms with E-state index in [1.165, 1.54) is 42.7 Å². The van der Waals surface area contributed by atoms with Gasteiger partial charge in [0.05, 0.1) is 22.2 Å². The number of carbonyl (C=O) groups excluding carboxylic acids is 2. The molecule has 10 heteroatoms. The molecule has 0 N–H and O–H groups in total. The molecule has 1 aromatic heterocycles. The van der Waals surface area contributed by atoms with Crippen LogP contribution in [0.3, 0.4) is 0 Å². The fourth-order valence-electron chi connectivity index (χ4n) is 2.36. The lowest BCUT2D eigenvalue weighted by Gasteiger charge is -2.03. The molecule has 0 aliphatic heterocycles. The number of non-ortho nitro benzene ring substituents is 1. The van der Waals surface area contributed by atoms with Gasteiger partial charge in [0.1, 0.15) is 6.54 Å². The first-order valence-corrected chi connectivity index (χ1v) is 9.19. The first-order chi connectivity index (χ1) is 12.9. The van der Waals surface area contributed by atoms with Crippen LogP contribution in [0.15, 0.2) is 51.9 Å². The van der Waals surface area contributed by atoms with Crippen LogP contribution in [-0.2, 0) is 16.1 Å². The van der Waals surface area contributed by atoms with Crippen molar-refractivity contribution in [2.45, 2.75) is 6.54 Å². The quantitative estimate of drug-likeness (QED) is 0.345. The van der Waals surface area contributed by atoms with Crippen LogP contribution in [0.1, 0.15) is 10.4 Å². The third-order valence-corrected chi connectivity index (χ3v) is 5.22. The van der Waals surface area contributed by atoms with Gasteiger partial charge in [0, 0.05) is 22.2 Å². The molecule has 3 rings (SSSR count). The van der Waals surface area contributed by atoms with Crippen LogP contribution >= 0.6 is 27.3 Å². The number of nitrogens with zero attached hydrogens (tertiary/aromatic N) is 3. The number of carbonyl (C=O) groups is 2. The molecule has 1 heterocycles. The highest BCUT2D eigenvalue weighted by atomic mass is 79.9. The number of rotatable bonds is 4. The first-order valence-electron chi connectivity index (χ1n) is 7.58. The Balaban J connectivity index is 2.08. The normalized spacial score (nSPS) is 11.6. The molecule has 27 heavy (non-hydrogen) atoms. The number of aromatic nitrogens is 1. The molecule has 2 aromatic carbocycles. The van der Waals surface area contributed by atoms with Gasteiger partial charge in [0.25, 0.3) is 11.6 Å². The number of benzene rings is 2. The van der Waals surface area contributed by atoms with Crippen molar-refractivity contribution in [1.82, 2.24) is 4.57 Å². The molecule has 0 aliphatic rings. The average molecular weight is 450 g/mol. The zero-order chi connectivity index (χ0) is 19.6. The minimum atomic E-state index is -0.561. The van der Waals surface area contributed by atoms with E-state index in [-0.39, 0.29) is 17.8 Å². The van der Waals surface area contributed by atoms with Crippen molar-refractivity contribution in [2.24, 2.45) is 4.99 Å². The lowest BCUT2D eigenvalue weighted by Crippen LogP contribution is -2.22. The Hall–Kier alpha value is -2.85. The number of hydrogen-bond donors (Lipinski definition) is 0. The number of methoxy groups -OCH3 is 1. The molecule has 0 fully saturated rings. The summed E-state index contributed by atoms with van der Waals surface area (Å²) in [7, 11) is 1.28. The average Bonchev–Trinajstić information content (AvgIpc) is 2.97. The van der Waals surface area contributed by atoms with E-state index in [9.17, 15) is 19.7 Å². The highest BCUT2D eigenvalue weighted by Crippen LogP contribution is 2.22. The molecule has 0 unspecified atom stereocenters. The van der Waals surface area contributed by atoms with Crippen molar-refractivity contribution in [3.63, 3.8) is 0 Å². The molecule has 0 radical (unpaired) electrons. The van der Waals surface area contributed by atoms with Gasteiger partial charge in [-0.15, -0.1) is 0 Å². The van der Waals surface area contributed by atoms with E-state index in [0.29, 0.717) is 4.80 Å². The molecule has 0 saturated carbocycles. The predicted octanol–water partition coefficient (Wildman–Crippen LogP) is 3.29. The maximum Gasteiger partial charge on any atom is 0.325 e. The second-order valence-corrected chi connectivity index (χ2v) is 7.30. The molecule has 138 valence electrons. The fourth-order valence-corrected chi connectivity index (χ4v) is 3.94. The molecule has 0 aliphatic carbocycles. The van der Waals surface area contributed by atoms with Crippen LogP contribution in [-0.4, -0.2) is 28.5 Å². The van der Waals surface area contributed by atoms with Crippen molar-refractivity contribution in [3.8, 4) is 0 Å². The highest BCUT2D eigenvalue weighted by Gasteiger charge is 2.13. The molecular formula is C17H12BrN3O5S. The van der Waals surface area contributed by atoms with E-state index in [4.69, 9.17) is 4.74 Å². The molecule has 0 atom stereocenters. The summed E-state index contributed by atoms with van der Waals surface area (Å²) in [5.41, 5.74) is 0.840. The number of hydrogen-bond acceptors (Lipinski definition) is 6. The maximum absolute atomic E-state index is 12.5. The second kappa shape index (κ2) is 7.80. The Labute approximate surface area is 165 Å². The Morgan fingerprint density at radius 1 is 1.26 bits per heavy atom. The summed E-state index contributed by atoms with van der Waals surface area (Å²) in [4.78, 5) is 38.9. The Morgan fingerprint density at radius 2 is 1.96 bits per heavy atom. The number of ether oxygens (including phenoxy) is 1. The SMILES string of the molecule is COC(=O)Cn1c(=NC(=O)c2ccc([N+](=O)[O-])cc2)sc2cc(Br)ccc21. The maximum atomic E-state index is 12.5. The van der Waals surface area contributed by atoms with Crippen molar-refractivity contribution < 1.29 is 19.2 Å². The Bertz CT molecular complexity index is 1120. The summed E-state index contributed by atoms with van der Waals surface area (Å²) < 4.78 is 8.01. The van der Waals surface area contributed by atoms with Crippen LogP contribution in [0.5, 0.6) is 0 Å². The smallest absolute Gasteiger partial charge is 0.325 e. The Kier molecular flexibility index (Phi) is 5.47. The molecule has 0 bridgehead atoms. The van der Waals surface area contributed by atoms with Gasteiger partial charge in [-0.2, -0.15) is 4.99 Å². The van der Waals surface area contributed by atoms with Gasteiger partial charge < -0.3 is 9.30 Å². The topological polar surface area (TPSA) is 104 Å². The monoisotopic (exact) mass is 449 g/mol. The molecule has 1 amide bonds. The van der Waals surface area contributed by atoms with Gasteiger partial charge in [-0.25, -0.2) is 0 Å². The molecule has 3 aromatic rings. The van der Waals surface area contributed by atoms with Crippen LogP contribution in [0, 0.1) is 10.1 Å². The summed E-state index contributed by atoms with van der Waals surface area (Å²) in [6, 6.07) is 10.7. The number of fused-ring (bicyclic) bond motifs is 1. The van der Waals surface area contributed by atoms with Crippen LogP contribution < -0.4 is 4.80 Å². The van der Waals surface area contributed by atoms with E-state index in [2.05, 4.69) is 20.9 Å². The van der Waals surface area contributed by atoms with Crippen LogP contribution in [0.25, 0.3) is 10.2 Å². The second-order valence-electron chi connectivity index (χ2n) is 5.38. The number of esters is 1. The molecule has 0 spiro atoms. The zero-order valence-corrected chi connectivity index (χ0v) is 16.3. The lowest BCUT2D eigenvalue weighted by atomic mass is 10.2. The number of halogens is 1. The van der Waals surface area contributed by atoms with Crippen LogP contribution in [0.2, 0.25) is 0 Å². The van der Waals surface area contributed by atoms with Gasteiger partial charge in [0.15, 0.2) is 4.80 Å².